The second-order valence-electron chi connectivity index (χ2n) is 5.76. The van der Waals surface area contributed by atoms with Crippen LogP contribution in [0.3, 0.4) is 0 Å². The summed E-state index contributed by atoms with van der Waals surface area (Å²) in [4.78, 5) is 21.1. The van der Waals surface area contributed by atoms with E-state index in [1.165, 1.54) is 11.8 Å². The summed E-state index contributed by atoms with van der Waals surface area (Å²) < 4.78 is 6.98. The standard InChI is InChI=1S/C19H22N6O2S/c1-2-27-13-7-12-20-18(26)17-16(14-28-19-21-10-6-11-22-19)25(24-23-17)15-8-4-3-5-9-15/h3-6,8-11H,2,7,12-14H2,1H3,(H,20,26). The van der Waals surface area contributed by atoms with E-state index in [2.05, 4.69) is 25.6 Å². The van der Waals surface area contributed by atoms with Crippen LogP contribution < -0.4 is 5.32 Å². The molecule has 1 amide bonds. The third kappa shape index (κ3) is 5.37. The molecule has 0 bridgehead atoms. The SMILES string of the molecule is CCOCCCNC(=O)c1nnn(-c2ccccc2)c1CSc1ncccn1. The largest absolute Gasteiger partial charge is 0.382 e. The number of carbonyl (C=O) groups is 1. The van der Waals surface area contributed by atoms with Crippen LogP contribution in [-0.4, -0.2) is 50.6 Å². The van der Waals surface area contributed by atoms with E-state index in [9.17, 15) is 4.79 Å². The Hall–Kier alpha value is -2.78. The molecule has 0 saturated heterocycles. The first-order valence-corrected chi connectivity index (χ1v) is 10.0. The number of carbonyl (C=O) groups excluding carboxylic acids is 1. The summed E-state index contributed by atoms with van der Waals surface area (Å²) >= 11 is 1.43. The number of ether oxygens (including phenoxy) is 1. The molecule has 28 heavy (non-hydrogen) atoms. The van der Waals surface area contributed by atoms with Gasteiger partial charge in [-0.3, -0.25) is 4.79 Å². The molecule has 0 unspecified atom stereocenters. The van der Waals surface area contributed by atoms with E-state index in [1.807, 2.05) is 37.3 Å². The third-order valence-electron chi connectivity index (χ3n) is 3.81. The van der Waals surface area contributed by atoms with Crippen LogP contribution in [0.4, 0.5) is 0 Å². The number of nitrogens with one attached hydrogen (secondary N) is 1. The molecule has 146 valence electrons. The molecule has 2 aromatic heterocycles. The van der Waals surface area contributed by atoms with Gasteiger partial charge in [-0.2, -0.15) is 0 Å². The van der Waals surface area contributed by atoms with Crippen molar-refractivity contribution in [3.05, 3.63) is 60.2 Å². The number of hydrogen-bond acceptors (Lipinski definition) is 7. The Balaban J connectivity index is 1.77. The third-order valence-corrected chi connectivity index (χ3v) is 4.70. The predicted molar refractivity (Wildman–Crippen MR) is 106 cm³/mol. The summed E-state index contributed by atoms with van der Waals surface area (Å²) in [5.41, 5.74) is 1.85. The Morgan fingerprint density at radius 2 is 1.96 bits per heavy atom. The quantitative estimate of drug-likeness (QED) is 0.318. The highest BCUT2D eigenvalue weighted by Gasteiger charge is 2.21. The van der Waals surface area contributed by atoms with Crippen LogP contribution in [0.2, 0.25) is 0 Å². The van der Waals surface area contributed by atoms with E-state index in [1.54, 1.807) is 23.1 Å². The molecule has 0 spiro atoms. The highest BCUT2D eigenvalue weighted by atomic mass is 32.2. The van der Waals surface area contributed by atoms with Crippen LogP contribution in [0.15, 0.2) is 53.9 Å². The Labute approximate surface area is 167 Å². The summed E-state index contributed by atoms with van der Waals surface area (Å²) in [6.07, 6.45) is 4.12. The molecule has 3 aromatic rings. The number of aromatic nitrogens is 5. The summed E-state index contributed by atoms with van der Waals surface area (Å²) in [5.74, 6) is 0.219. The smallest absolute Gasteiger partial charge is 0.273 e. The maximum absolute atomic E-state index is 12.6. The molecule has 8 nitrogen and oxygen atoms in total. The van der Waals surface area contributed by atoms with E-state index < -0.39 is 0 Å². The van der Waals surface area contributed by atoms with Crippen molar-refractivity contribution in [3.8, 4) is 5.69 Å². The van der Waals surface area contributed by atoms with Crippen LogP contribution in [-0.2, 0) is 10.5 Å². The molecule has 1 N–H and O–H groups in total. The Kier molecular flexibility index (Phi) is 7.51. The van der Waals surface area contributed by atoms with Crippen molar-refractivity contribution in [2.45, 2.75) is 24.3 Å². The first-order valence-electron chi connectivity index (χ1n) is 9.05. The highest BCUT2D eigenvalue weighted by molar-refractivity contribution is 7.98. The van der Waals surface area contributed by atoms with Crippen molar-refractivity contribution in [1.29, 1.82) is 0 Å². The van der Waals surface area contributed by atoms with Gasteiger partial charge in [0.15, 0.2) is 10.9 Å². The average Bonchev–Trinajstić information content (AvgIpc) is 3.17. The lowest BCUT2D eigenvalue weighted by Crippen LogP contribution is -2.26. The predicted octanol–water partition coefficient (Wildman–Crippen LogP) is 2.51. The fraction of sp³-hybridized carbons (Fsp3) is 0.316. The van der Waals surface area contributed by atoms with Crippen molar-refractivity contribution in [2.24, 2.45) is 0 Å². The number of thioether (sulfide) groups is 1. The number of nitrogens with zero attached hydrogens (tertiary/aromatic N) is 5. The fourth-order valence-corrected chi connectivity index (χ4v) is 3.28. The maximum Gasteiger partial charge on any atom is 0.273 e. The Morgan fingerprint density at radius 1 is 1.18 bits per heavy atom. The molecule has 9 heteroatoms. The van der Waals surface area contributed by atoms with Crippen LogP contribution in [0, 0.1) is 0 Å². The second kappa shape index (κ2) is 10.5. The molecular weight excluding hydrogens is 376 g/mol. The topological polar surface area (TPSA) is 94.8 Å². The van der Waals surface area contributed by atoms with E-state index in [4.69, 9.17) is 4.74 Å². The molecule has 3 rings (SSSR count). The first-order chi connectivity index (χ1) is 13.8. The highest BCUT2D eigenvalue weighted by Crippen LogP contribution is 2.22. The summed E-state index contributed by atoms with van der Waals surface area (Å²) in [5, 5.41) is 11.9. The van der Waals surface area contributed by atoms with Crippen molar-refractivity contribution in [3.63, 3.8) is 0 Å². The lowest BCUT2D eigenvalue weighted by atomic mass is 10.3. The van der Waals surface area contributed by atoms with Crippen molar-refractivity contribution >= 4 is 17.7 Å². The van der Waals surface area contributed by atoms with Crippen molar-refractivity contribution < 1.29 is 9.53 Å². The minimum absolute atomic E-state index is 0.247. The van der Waals surface area contributed by atoms with Crippen molar-refractivity contribution in [1.82, 2.24) is 30.3 Å². The fourth-order valence-electron chi connectivity index (χ4n) is 2.48. The molecule has 0 aliphatic rings. The van der Waals surface area contributed by atoms with Gasteiger partial charge in [-0.1, -0.05) is 35.2 Å². The molecule has 1 aromatic carbocycles. The van der Waals surface area contributed by atoms with Gasteiger partial charge in [-0.05, 0) is 31.5 Å². The van der Waals surface area contributed by atoms with Gasteiger partial charge in [-0.25, -0.2) is 14.6 Å². The number of rotatable bonds is 10. The number of hydrogen-bond donors (Lipinski definition) is 1. The van der Waals surface area contributed by atoms with Crippen LogP contribution >= 0.6 is 11.8 Å². The summed E-state index contributed by atoms with van der Waals surface area (Å²) in [7, 11) is 0. The molecule has 0 aliphatic heterocycles. The Bertz CT molecular complexity index is 873. The minimum Gasteiger partial charge on any atom is -0.382 e. The van der Waals surface area contributed by atoms with E-state index in [0.29, 0.717) is 42.1 Å². The Morgan fingerprint density at radius 3 is 2.71 bits per heavy atom. The van der Waals surface area contributed by atoms with Crippen LogP contribution in [0.1, 0.15) is 29.5 Å². The number of benzene rings is 1. The van der Waals surface area contributed by atoms with Gasteiger partial charge in [0, 0.05) is 37.9 Å². The average molecular weight is 398 g/mol. The second-order valence-corrected chi connectivity index (χ2v) is 6.70. The van der Waals surface area contributed by atoms with Gasteiger partial charge >= 0.3 is 0 Å². The maximum atomic E-state index is 12.6. The van der Waals surface area contributed by atoms with Gasteiger partial charge in [0.05, 0.1) is 11.4 Å². The van der Waals surface area contributed by atoms with Gasteiger partial charge in [-0.15, -0.1) is 5.10 Å². The lowest BCUT2D eigenvalue weighted by Gasteiger charge is -2.08. The van der Waals surface area contributed by atoms with E-state index >= 15 is 0 Å². The number of para-hydroxylation sites is 1. The number of amides is 1. The van der Waals surface area contributed by atoms with Crippen LogP contribution in [0.25, 0.3) is 5.69 Å². The van der Waals surface area contributed by atoms with E-state index in [0.717, 1.165) is 12.1 Å². The first kappa shape index (κ1) is 20.0. The van der Waals surface area contributed by atoms with Crippen LogP contribution in [0.5, 0.6) is 0 Å². The van der Waals surface area contributed by atoms with Gasteiger partial charge in [0.25, 0.3) is 5.91 Å². The molecule has 0 aliphatic carbocycles. The minimum atomic E-state index is -0.247. The normalized spacial score (nSPS) is 10.8. The summed E-state index contributed by atoms with van der Waals surface area (Å²) in [6.45, 7) is 3.75. The van der Waals surface area contributed by atoms with E-state index in [-0.39, 0.29) is 5.91 Å². The molecule has 0 saturated carbocycles. The molecule has 0 radical (unpaired) electrons. The zero-order chi connectivity index (χ0) is 19.6. The summed E-state index contributed by atoms with van der Waals surface area (Å²) in [6, 6.07) is 11.4. The van der Waals surface area contributed by atoms with Gasteiger partial charge < -0.3 is 10.1 Å². The van der Waals surface area contributed by atoms with Crippen molar-refractivity contribution in [2.75, 3.05) is 19.8 Å². The zero-order valence-corrected chi connectivity index (χ0v) is 16.4. The molecule has 0 fully saturated rings. The molecule has 0 atom stereocenters. The molecular formula is C19H22N6O2S. The molecule has 2 heterocycles. The monoisotopic (exact) mass is 398 g/mol. The zero-order valence-electron chi connectivity index (χ0n) is 15.6. The lowest BCUT2D eigenvalue weighted by molar-refractivity contribution is 0.0938. The van der Waals surface area contributed by atoms with Gasteiger partial charge in [0.1, 0.15) is 0 Å². The van der Waals surface area contributed by atoms with Gasteiger partial charge in [0.2, 0.25) is 0 Å².